The summed E-state index contributed by atoms with van der Waals surface area (Å²) >= 11 is 0. The van der Waals surface area contributed by atoms with Crippen LogP contribution < -0.4 is 4.90 Å². The van der Waals surface area contributed by atoms with E-state index in [0.29, 0.717) is 13.0 Å². The average molecular weight is 469 g/mol. The van der Waals surface area contributed by atoms with Crippen molar-refractivity contribution in [3.8, 4) is 0 Å². The van der Waals surface area contributed by atoms with Crippen molar-refractivity contribution in [1.82, 2.24) is 4.90 Å². The molecule has 5 nitrogen and oxygen atoms in total. The number of aryl methyl sites for hydroxylation is 1. The van der Waals surface area contributed by atoms with Crippen LogP contribution in [0.25, 0.3) is 0 Å². The Morgan fingerprint density at radius 1 is 0.857 bits per heavy atom. The third-order valence-electron chi connectivity index (χ3n) is 7.39. The van der Waals surface area contributed by atoms with E-state index in [1.807, 2.05) is 60.7 Å². The third kappa shape index (κ3) is 4.68. The number of hydrogen-bond donors (Lipinski definition) is 0. The van der Waals surface area contributed by atoms with E-state index in [4.69, 9.17) is 4.74 Å². The van der Waals surface area contributed by atoms with Gasteiger partial charge in [0.2, 0.25) is 5.91 Å². The van der Waals surface area contributed by atoms with Crippen LogP contribution in [-0.4, -0.2) is 49.1 Å². The number of amides is 1. The van der Waals surface area contributed by atoms with Crippen LogP contribution >= 0.6 is 0 Å². The summed E-state index contributed by atoms with van der Waals surface area (Å²) in [5.74, 6) is -0.869. The van der Waals surface area contributed by atoms with Crippen molar-refractivity contribution in [1.29, 1.82) is 0 Å². The van der Waals surface area contributed by atoms with Crippen LogP contribution in [0.1, 0.15) is 41.9 Å². The number of methoxy groups -OCH3 is 1. The van der Waals surface area contributed by atoms with Gasteiger partial charge in [-0.3, -0.25) is 4.79 Å². The number of nitrogens with zero attached hydrogens (tertiary/aromatic N) is 2. The minimum Gasteiger partial charge on any atom is -0.467 e. The lowest BCUT2D eigenvalue weighted by molar-refractivity contribution is -0.151. The summed E-state index contributed by atoms with van der Waals surface area (Å²) in [6.45, 7) is 1.43. The molecule has 0 unspecified atom stereocenters. The van der Waals surface area contributed by atoms with E-state index in [1.54, 1.807) is 4.90 Å². The van der Waals surface area contributed by atoms with Crippen molar-refractivity contribution in [3.63, 3.8) is 0 Å². The van der Waals surface area contributed by atoms with Crippen molar-refractivity contribution in [2.45, 2.75) is 43.7 Å². The molecule has 0 bridgehead atoms. The van der Waals surface area contributed by atoms with E-state index in [9.17, 15) is 9.59 Å². The van der Waals surface area contributed by atoms with Gasteiger partial charge in [0.25, 0.3) is 0 Å². The first-order valence-electron chi connectivity index (χ1n) is 12.5. The van der Waals surface area contributed by atoms with Gasteiger partial charge in [-0.25, -0.2) is 4.79 Å². The number of benzene rings is 3. The molecule has 0 aliphatic carbocycles. The summed E-state index contributed by atoms with van der Waals surface area (Å²) in [5, 5.41) is 0. The Balaban J connectivity index is 1.50. The normalized spacial score (nSPS) is 19.8. The highest BCUT2D eigenvalue weighted by atomic mass is 16.5. The molecule has 2 aliphatic rings. The van der Waals surface area contributed by atoms with Gasteiger partial charge in [0.05, 0.1) is 13.0 Å². The zero-order valence-electron chi connectivity index (χ0n) is 20.2. The minimum atomic E-state index is -0.595. The Morgan fingerprint density at radius 2 is 1.49 bits per heavy atom. The molecule has 1 fully saturated rings. The lowest BCUT2D eigenvalue weighted by atomic mass is 9.90. The summed E-state index contributed by atoms with van der Waals surface area (Å²) in [4.78, 5) is 31.3. The maximum Gasteiger partial charge on any atom is 0.328 e. The molecule has 35 heavy (non-hydrogen) atoms. The molecule has 5 rings (SSSR count). The van der Waals surface area contributed by atoms with Gasteiger partial charge in [-0.2, -0.15) is 0 Å². The van der Waals surface area contributed by atoms with E-state index in [0.717, 1.165) is 36.9 Å². The SMILES string of the molecule is COC(=O)[C@@H]1C[C@@H](N2CCCCc3ccccc32)CN1C(=O)C(c1ccccc1)c1ccccc1. The summed E-state index contributed by atoms with van der Waals surface area (Å²) < 4.78 is 5.18. The van der Waals surface area contributed by atoms with Crippen molar-refractivity contribution in [2.75, 3.05) is 25.1 Å². The smallest absolute Gasteiger partial charge is 0.328 e. The van der Waals surface area contributed by atoms with E-state index in [-0.39, 0.29) is 17.9 Å². The van der Waals surface area contributed by atoms with Gasteiger partial charge in [-0.1, -0.05) is 78.9 Å². The molecule has 2 aliphatic heterocycles. The first-order chi connectivity index (χ1) is 17.2. The van der Waals surface area contributed by atoms with Gasteiger partial charge < -0.3 is 14.5 Å². The lowest BCUT2D eigenvalue weighted by Crippen LogP contribution is -2.44. The molecular weight excluding hydrogens is 436 g/mol. The predicted octanol–water partition coefficient (Wildman–Crippen LogP) is 4.80. The largest absolute Gasteiger partial charge is 0.467 e. The number of carbonyl (C=O) groups excluding carboxylic acids is 2. The van der Waals surface area contributed by atoms with E-state index in [1.165, 1.54) is 18.4 Å². The molecule has 0 radical (unpaired) electrons. The molecule has 3 aromatic rings. The topological polar surface area (TPSA) is 49.9 Å². The van der Waals surface area contributed by atoms with Gasteiger partial charge in [-0.05, 0) is 42.0 Å². The Kier molecular flexibility index (Phi) is 6.84. The number of para-hydroxylation sites is 1. The minimum absolute atomic E-state index is 0.0524. The van der Waals surface area contributed by atoms with E-state index >= 15 is 0 Å². The Bertz CT molecular complexity index is 1120. The first-order valence-corrected chi connectivity index (χ1v) is 12.5. The van der Waals surface area contributed by atoms with Crippen LogP contribution in [0.4, 0.5) is 5.69 Å². The molecule has 2 atom stereocenters. The number of anilines is 1. The van der Waals surface area contributed by atoms with Crippen molar-refractivity contribution >= 4 is 17.6 Å². The highest BCUT2D eigenvalue weighted by Gasteiger charge is 2.45. The fourth-order valence-electron chi connectivity index (χ4n) is 5.68. The second-order valence-corrected chi connectivity index (χ2v) is 9.45. The maximum atomic E-state index is 14.2. The van der Waals surface area contributed by atoms with Gasteiger partial charge >= 0.3 is 5.97 Å². The molecule has 5 heteroatoms. The number of esters is 1. The molecule has 0 N–H and O–H groups in total. The first kappa shape index (κ1) is 23.2. The zero-order valence-corrected chi connectivity index (χ0v) is 20.2. The van der Waals surface area contributed by atoms with E-state index in [2.05, 4.69) is 29.2 Å². The fraction of sp³-hybridized carbons (Fsp3) is 0.333. The van der Waals surface area contributed by atoms with E-state index < -0.39 is 12.0 Å². The Hall–Kier alpha value is -3.60. The standard InChI is InChI=1S/C30H32N2O3/c1-35-30(34)27-20-25(31-19-11-10-13-22-12-8-9-18-26(22)31)21-32(27)29(33)28(23-14-4-2-5-15-23)24-16-6-3-7-17-24/h2-9,12,14-18,25,27-28H,10-11,13,19-21H2,1H3/t25-,27+/m1/s1. The molecule has 180 valence electrons. The van der Waals surface area contributed by atoms with Crippen molar-refractivity contribution in [2.24, 2.45) is 0 Å². The van der Waals surface area contributed by atoms with Crippen molar-refractivity contribution in [3.05, 3.63) is 102 Å². The number of hydrogen-bond acceptors (Lipinski definition) is 4. The lowest BCUT2D eigenvalue weighted by Gasteiger charge is -2.32. The molecule has 0 saturated carbocycles. The fourth-order valence-corrected chi connectivity index (χ4v) is 5.68. The number of carbonyl (C=O) groups is 2. The second kappa shape index (κ2) is 10.3. The summed E-state index contributed by atoms with van der Waals surface area (Å²) in [7, 11) is 1.41. The monoisotopic (exact) mass is 468 g/mol. The number of ether oxygens (including phenoxy) is 1. The average Bonchev–Trinajstić information content (AvgIpc) is 3.24. The number of fused-ring (bicyclic) bond motifs is 1. The van der Waals surface area contributed by atoms with Crippen LogP contribution in [0, 0.1) is 0 Å². The molecular formula is C30H32N2O3. The van der Waals surface area contributed by atoms with Crippen LogP contribution in [0.5, 0.6) is 0 Å². The summed E-state index contributed by atoms with van der Waals surface area (Å²) in [6, 6.07) is 27.7. The van der Waals surface area contributed by atoms with Gasteiger partial charge in [0.15, 0.2) is 0 Å². The van der Waals surface area contributed by atoms with Crippen LogP contribution in [-0.2, 0) is 20.7 Å². The summed E-state index contributed by atoms with van der Waals surface area (Å²) in [5.41, 5.74) is 4.43. The molecule has 0 aromatic heterocycles. The Morgan fingerprint density at radius 3 is 2.14 bits per heavy atom. The predicted molar refractivity (Wildman–Crippen MR) is 137 cm³/mol. The molecule has 1 saturated heterocycles. The van der Waals surface area contributed by atoms with Gasteiger partial charge in [0, 0.05) is 31.2 Å². The van der Waals surface area contributed by atoms with Gasteiger partial charge in [0.1, 0.15) is 6.04 Å². The maximum absolute atomic E-state index is 14.2. The third-order valence-corrected chi connectivity index (χ3v) is 7.39. The van der Waals surface area contributed by atoms with Crippen LogP contribution in [0.3, 0.4) is 0 Å². The van der Waals surface area contributed by atoms with Crippen molar-refractivity contribution < 1.29 is 14.3 Å². The highest BCUT2D eigenvalue weighted by molar-refractivity contribution is 5.92. The molecule has 1 amide bonds. The molecule has 0 spiro atoms. The molecule has 2 heterocycles. The highest BCUT2D eigenvalue weighted by Crippen LogP contribution is 2.35. The number of likely N-dealkylation sites (tertiary alicyclic amines) is 1. The van der Waals surface area contributed by atoms with Crippen LogP contribution in [0.15, 0.2) is 84.9 Å². The zero-order chi connectivity index (χ0) is 24.2. The Labute approximate surface area is 207 Å². The molecule has 3 aromatic carbocycles. The summed E-state index contributed by atoms with van der Waals surface area (Å²) in [6.07, 6.45) is 3.88. The van der Waals surface area contributed by atoms with Gasteiger partial charge in [-0.15, -0.1) is 0 Å². The second-order valence-electron chi connectivity index (χ2n) is 9.45. The number of rotatable bonds is 5. The quantitative estimate of drug-likeness (QED) is 0.505. The van der Waals surface area contributed by atoms with Crippen LogP contribution in [0.2, 0.25) is 0 Å².